The van der Waals surface area contributed by atoms with Gasteiger partial charge in [0, 0.05) is 18.0 Å². The van der Waals surface area contributed by atoms with E-state index in [0.717, 1.165) is 15.8 Å². The molecule has 0 aliphatic heterocycles. The molecule has 3 heterocycles. The van der Waals surface area contributed by atoms with Crippen molar-refractivity contribution in [3.05, 3.63) is 72.7 Å². The lowest BCUT2D eigenvalue weighted by Crippen LogP contribution is -2.43. The van der Waals surface area contributed by atoms with Gasteiger partial charge in [0.25, 0.3) is 0 Å². The molecule has 0 aliphatic carbocycles. The molecular formula is C30H35N5O5. The molecule has 0 fully saturated rings. The summed E-state index contributed by atoms with van der Waals surface area (Å²) in [5.74, 6) is 0.454. The van der Waals surface area contributed by atoms with E-state index in [4.69, 9.17) is 14.2 Å². The van der Waals surface area contributed by atoms with Gasteiger partial charge in [-0.2, -0.15) is 5.10 Å². The summed E-state index contributed by atoms with van der Waals surface area (Å²) >= 11 is 0. The lowest BCUT2D eigenvalue weighted by Gasteiger charge is -2.24. The minimum Gasteiger partial charge on any atom is -0.490 e. The number of carbonyl (C=O) groups excluding carboxylic acids is 2. The molecule has 0 aliphatic rings. The van der Waals surface area contributed by atoms with E-state index >= 15 is 0 Å². The maximum Gasteiger partial charge on any atom is 0.437 e. The first kappa shape index (κ1) is 28.5. The van der Waals surface area contributed by atoms with Crippen LogP contribution in [0.2, 0.25) is 0 Å². The summed E-state index contributed by atoms with van der Waals surface area (Å²) in [6, 6.07) is 14.8. The Morgan fingerprint density at radius 1 is 0.950 bits per heavy atom. The predicted molar refractivity (Wildman–Crippen MR) is 151 cm³/mol. The zero-order chi connectivity index (χ0) is 28.9. The number of aromatic nitrogens is 4. The number of fused-ring (bicyclic) bond motifs is 1. The van der Waals surface area contributed by atoms with Gasteiger partial charge in [-0.05, 0) is 71.7 Å². The molecule has 10 nitrogen and oxygen atoms in total. The highest BCUT2D eigenvalue weighted by Crippen LogP contribution is 2.30. The Labute approximate surface area is 233 Å². The van der Waals surface area contributed by atoms with Gasteiger partial charge in [0.05, 0.1) is 17.6 Å². The average molecular weight is 546 g/mol. The Morgan fingerprint density at radius 3 is 2.27 bits per heavy atom. The summed E-state index contributed by atoms with van der Waals surface area (Å²) in [6.45, 7) is 11.0. The van der Waals surface area contributed by atoms with Crippen LogP contribution in [0.1, 0.15) is 47.1 Å². The van der Waals surface area contributed by atoms with Gasteiger partial charge in [-0.3, -0.25) is 4.98 Å². The minimum atomic E-state index is -0.704. The molecule has 0 spiro atoms. The average Bonchev–Trinajstić information content (AvgIpc) is 3.25. The first-order chi connectivity index (χ1) is 18.9. The van der Waals surface area contributed by atoms with Crippen LogP contribution in [0.25, 0.3) is 22.3 Å². The van der Waals surface area contributed by atoms with Crippen LogP contribution in [-0.2, 0) is 15.9 Å². The van der Waals surface area contributed by atoms with Gasteiger partial charge >= 0.3 is 12.2 Å². The summed E-state index contributed by atoms with van der Waals surface area (Å²) in [5.41, 5.74) is 1.34. The largest absolute Gasteiger partial charge is 0.490 e. The van der Waals surface area contributed by atoms with Crippen LogP contribution in [0.3, 0.4) is 0 Å². The minimum absolute atomic E-state index is 0.159. The smallest absolute Gasteiger partial charge is 0.437 e. The van der Waals surface area contributed by atoms with Crippen LogP contribution >= 0.6 is 0 Å². The summed E-state index contributed by atoms with van der Waals surface area (Å²) in [6.07, 6.45) is 4.20. The van der Waals surface area contributed by atoms with Crippen LogP contribution < -0.4 is 10.1 Å². The number of carbonyl (C=O) groups is 2. The molecular weight excluding hydrogens is 510 g/mol. The molecule has 1 N–H and O–H groups in total. The number of ether oxygens (including phenoxy) is 3. The fourth-order valence-electron chi connectivity index (χ4n) is 3.94. The second kappa shape index (κ2) is 11.7. The van der Waals surface area contributed by atoms with Crippen LogP contribution in [0, 0.1) is 0 Å². The molecule has 0 saturated heterocycles. The van der Waals surface area contributed by atoms with E-state index in [1.54, 1.807) is 51.4 Å². The van der Waals surface area contributed by atoms with Gasteiger partial charge in [-0.25, -0.2) is 14.6 Å². The summed E-state index contributed by atoms with van der Waals surface area (Å²) in [5, 5.41) is 8.05. The Balaban J connectivity index is 1.62. The van der Waals surface area contributed by atoms with E-state index in [-0.39, 0.29) is 12.6 Å². The number of nitrogens with zero attached hydrogens (tertiary/aromatic N) is 4. The topological polar surface area (TPSA) is 117 Å². The monoisotopic (exact) mass is 545 g/mol. The quantitative estimate of drug-likeness (QED) is 0.310. The third-order valence-corrected chi connectivity index (χ3v) is 5.51. The molecule has 3 aromatic heterocycles. The lowest BCUT2D eigenvalue weighted by molar-refractivity contribution is 0.0485. The number of rotatable bonds is 7. The zero-order valence-electron chi connectivity index (χ0n) is 23.7. The maximum atomic E-state index is 12.9. The number of amides is 1. The SMILES string of the molecule is CC(C)(C)OC(=O)NC(COc1cnc2c(c1)c(-c1ccncc1)nn2C(=O)OC(C)(C)C)Cc1ccccc1. The van der Waals surface area contributed by atoms with Crippen molar-refractivity contribution in [1.82, 2.24) is 25.1 Å². The molecule has 1 amide bonds. The summed E-state index contributed by atoms with van der Waals surface area (Å²) in [4.78, 5) is 34.1. The fourth-order valence-corrected chi connectivity index (χ4v) is 3.94. The van der Waals surface area contributed by atoms with Crippen molar-refractivity contribution in [2.45, 2.75) is 65.2 Å². The van der Waals surface area contributed by atoms with Crippen molar-refractivity contribution in [3.63, 3.8) is 0 Å². The summed E-state index contributed by atoms with van der Waals surface area (Å²) < 4.78 is 18.3. The fraction of sp³-hybridized carbons (Fsp3) is 0.367. The predicted octanol–water partition coefficient (Wildman–Crippen LogP) is 5.79. The first-order valence-corrected chi connectivity index (χ1v) is 13.1. The van der Waals surface area contributed by atoms with Gasteiger partial charge in [-0.1, -0.05) is 30.3 Å². The van der Waals surface area contributed by atoms with Crippen molar-refractivity contribution in [1.29, 1.82) is 0 Å². The number of pyridine rings is 2. The highest BCUT2D eigenvalue weighted by atomic mass is 16.6. The van der Waals surface area contributed by atoms with E-state index < -0.39 is 23.4 Å². The normalized spacial score (nSPS) is 12.6. The second-order valence-corrected chi connectivity index (χ2v) is 11.4. The van der Waals surface area contributed by atoms with Crippen molar-refractivity contribution < 1.29 is 23.8 Å². The molecule has 10 heteroatoms. The number of hydrogen-bond donors (Lipinski definition) is 1. The van der Waals surface area contributed by atoms with Gasteiger partial charge in [0.2, 0.25) is 0 Å². The Morgan fingerprint density at radius 2 is 1.62 bits per heavy atom. The number of benzene rings is 1. The molecule has 4 rings (SSSR count). The highest BCUT2D eigenvalue weighted by molar-refractivity contribution is 5.96. The Kier molecular flexibility index (Phi) is 8.37. The van der Waals surface area contributed by atoms with E-state index in [9.17, 15) is 9.59 Å². The van der Waals surface area contributed by atoms with E-state index in [1.807, 2.05) is 51.1 Å². The molecule has 0 saturated carbocycles. The van der Waals surface area contributed by atoms with Gasteiger partial charge in [-0.15, -0.1) is 4.68 Å². The Hall–Kier alpha value is -4.47. The molecule has 210 valence electrons. The Bertz CT molecular complexity index is 1460. The standard InChI is InChI=1S/C30H35N5O5/c1-29(2,3)39-27(36)33-22(16-20-10-8-7-9-11-20)19-38-23-17-24-25(21-12-14-31-15-13-21)34-35(26(24)32-18-23)28(37)40-30(4,5)6/h7-15,17-18,22H,16,19H2,1-6H3,(H,33,36). The van der Waals surface area contributed by atoms with Crippen LogP contribution in [0.4, 0.5) is 9.59 Å². The highest BCUT2D eigenvalue weighted by Gasteiger charge is 2.25. The molecule has 4 aromatic rings. The third kappa shape index (κ3) is 7.78. The van der Waals surface area contributed by atoms with Gasteiger partial charge < -0.3 is 19.5 Å². The van der Waals surface area contributed by atoms with E-state index in [1.165, 1.54) is 6.20 Å². The second-order valence-electron chi connectivity index (χ2n) is 11.4. The molecule has 1 aromatic carbocycles. The van der Waals surface area contributed by atoms with Crippen LogP contribution in [0.5, 0.6) is 5.75 Å². The molecule has 40 heavy (non-hydrogen) atoms. The summed E-state index contributed by atoms with van der Waals surface area (Å²) in [7, 11) is 0. The van der Waals surface area contributed by atoms with Crippen LogP contribution in [0.15, 0.2) is 67.1 Å². The molecule has 0 bridgehead atoms. The van der Waals surface area contributed by atoms with Gasteiger partial charge in [0.15, 0.2) is 5.65 Å². The van der Waals surface area contributed by atoms with Gasteiger partial charge in [0.1, 0.15) is 29.3 Å². The lowest BCUT2D eigenvalue weighted by atomic mass is 10.1. The molecule has 1 unspecified atom stereocenters. The molecule has 1 atom stereocenters. The van der Waals surface area contributed by atoms with E-state index in [0.29, 0.717) is 28.9 Å². The first-order valence-electron chi connectivity index (χ1n) is 13.1. The van der Waals surface area contributed by atoms with Crippen LogP contribution in [-0.4, -0.2) is 55.8 Å². The number of hydrogen-bond acceptors (Lipinski definition) is 8. The van der Waals surface area contributed by atoms with E-state index in [2.05, 4.69) is 20.4 Å². The molecule has 0 radical (unpaired) electrons. The number of nitrogens with one attached hydrogen (secondary N) is 1. The third-order valence-electron chi connectivity index (χ3n) is 5.51. The maximum absolute atomic E-state index is 12.9. The van der Waals surface area contributed by atoms with Crippen molar-refractivity contribution in [3.8, 4) is 17.0 Å². The van der Waals surface area contributed by atoms with Crippen molar-refractivity contribution in [2.24, 2.45) is 0 Å². The van der Waals surface area contributed by atoms with Crippen molar-refractivity contribution in [2.75, 3.05) is 6.61 Å². The number of alkyl carbamates (subject to hydrolysis) is 1. The zero-order valence-corrected chi connectivity index (χ0v) is 23.7. The van der Waals surface area contributed by atoms with Crippen molar-refractivity contribution >= 4 is 23.2 Å².